The van der Waals surface area contributed by atoms with E-state index in [1.54, 1.807) is 18.7 Å². The molecule has 11 heteroatoms. The van der Waals surface area contributed by atoms with Crippen LogP contribution in [0.1, 0.15) is 51.5 Å². The van der Waals surface area contributed by atoms with Crippen LogP contribution in [0.4, 0.5) is 13.2 Å². The van der Waals surface area contributed by atoms with E-state index in [0.717, 1.165) is 43.9 Å². The molecule has 0 aromatic heterocycles. The highest BCUT2D eigenvalue weighted by Crippen LogP contribution is 2.30. The SMILES string of the molecule is CC(C)C[C@@H](NS(=O)(=O)c1cccc(C(F)(F)F)c1)C(=O)OCC(=O)N1CCCCCC1. The van der Waals surface area contributed by atoms with Crippen LogP contribution in [0, 0.1) is 5.92 Å². The summed E-state index contributed by atoms with van der Waals surface area (Å²) in [5, 5.41) is 0. The summed E-state index contributed by atoms with van der Waals surface area (Å²) in [5.74, 6) is -1.43. The van der Waals surface area contributed by atoms with Crippen molar-refractivity contribution in [3.63, 3.8) is 0 Å². The maximum absolute atomic E-state index is 12.9. The Bertz CT molecular complexity index is 895. The van der Waals surface area contributed by atoms with Gasteiger partial charge in [0.25, 0.3) is 5.91 Å². The van der Waals surface area contributed by atoms with Crippen molar-refractivity contribution in [3.05, 3.63) is 29.8 Å². The van der Waals surface area contributed by atoms with Crippen LogP contribution in [0.15, 0.2) is 29.2 Å². The van der Waals surface area contributed by atoms with Crippen molar-refractivity contribution in [1.82, 2.24) is 9.62 Å². The highest BCUT2D eigenvalue weighted by molar-refractivity contribution is 7.89. The molecule has 32 heavy (non-hydrogen) atoms. The van der Waals surface area contributed by atoms with Crippen LogP contribution in [0.2, 0.25) is 0 Å². The Kier molecular flexibility index (Phi) is 9.08. The van der Waals surface area contributed by atoms with Crippen molar-refractivity contribution in [2.45, 2.75) is 63.1 Å². The summed E-state index contributed by atoms with van der Waals surface area (Å²) in [4.78, 5) is 25.9. The van der Waals surface area contributed by atoms with Crippen LogP contribution in [0.3, 0.4) is 0 Å². The third-order valence-corrected chi connectivity index (χ3v) is 6.53. The number of ether oxygens (including phenoxy) is 1. The lowest BCUT2D eigenvalue weighted by Crippen LogP contribution is -2.44. The second-order valence-electron chi connectivity index (χ2n) is 8.23. The van der Waals surface area contributed by atoms with Crippen molar-refractivity contribution in [2.24, 2.45) is 5.92 Å². The minimum absolute atomic E-state index is 0.0505. The molecule has 1 N–H and O–H groups in total. The number of halogens is 3. The largest absolute Gasteiger partial charge is 0.454 e. The number of carbonyl (C=O) groups is 2. The molecule has 1 heterocycles. The van der Waals surface area contributed by atoms with Gasteiger partial charge in [0, 0.05) is 13.1 Å². The molecule has 1 saturated heterocycles. The van der Waals surface area contributed by atoms with Crippen molar-refractivity contribution in [2.75, 3.05) is 19.7 Å². The number of carbonyl (C=O) groups excluding carboxylic acids is 2. The fraction of sp³-hybridized carbons (Fsp3) is 0.619. The van der Waals surface area contributed by atoms with Crippen molar-refractivity contribution in [1.29, 1.82) is 0 Å². The summed E-state index contributed by atoms with van der Waals surface area (Å²) < 4.78 is 71.4. The van der Waals surface area contributed by atoms with E-state index >= 15 is 0 Å². The topological polar surface area (TPSA) is 92.8 Å². The van der Waals surface area contributed by atoms with Gasteiger partial charge in [-0.05, 0) is 43.4 Å². The number of sulfonamides is 1. The molecule has 1 amide bonds. The number of rotatable bonds is 8. The molecular formula is C21H29F3N2O5S. The van der Waals surface area contributed by atoms with Gasteiger partial charge in [0.05, 0.1) is 10.5 Å². The number of hydrogen-bond acceptors (Lipinski definition) is 5. The highest BCUT2D eigenvalue weighted by Gasteiger charge is 2.33. The second-order valence-corrected chi connectivity index (χ2v) is 9.95. The molecule has 0 saturated carbocycles. The lowest BCUT2D eigenvalue weighted by atomic mass is 10.1. The smallest absolute Gasteiger partial charge is 0.416 e. The van der Waals surface area contributed by atoms with Crippen molar-refractivity contribution in [3.8, 4) is 0 Å². The summed E-state index contributed by atoms with van der Waals surface area (Å²) in [5.41, 5.74) is -1.12. The molecular weight excluding hydrogens is 449 g/mol. The van der Waals surface area contributed by atoms with Gasteiger partial charge in [-0.2, -0.15) is 17.9 Å². The van der Waals surface area contributed by atoms with Crippen molar-refractivity contribution < 1.29 is 35.9 Å². The average Bonchev–Trinajstić information content (AvgIpc) is 3.00. The van der Waals surface area contributed by atoms with Gasteiger partial charge in [0.15, 0.2) is 6.61 Å². The summed E-state index contributed by atoms with van der Waals surface area (Å²) in [6.45, 7) is 4.14. The molecule has 1 atom stereocenters. The third kappa shape index (κ3) is 7.77. The third-order valence-electron chi connectivity index (χ3n) is 5.06. The summed E-state index contributed by atoms with van der Waals surface area (Å²) in [7, 11) is -4.44. The summed E-state index contributed by atoms with van der Waals surface area (Å²) in [6.07, 6.45) is -0.877. The Labute approximate surface area is 186 Å². The highest BCUT2D eigenvalue weighted by atomic mass is 32.2. The molecule has 180 valence electrons. The first-order valence-corrected chi connectivity index (χ1v) is 12.0. The van der Waals surface area contributed by atoms with Gasteiger partial charge in [0.2, 0.25) is 10.0 Å². The Hall–Kier alpha value is -2.14. The zero-order valence-corrected chi connectivity index (χ0v) is 19.0. The van der Waals surface area contributed by atoms with E-state index in [-0.39, 0.29) is 18.2 Å². The van der Waals surface area contributed by atoms with E-state index < -0.39 is 45.3 Å². The van der Waals surface area contributed by atoms with Crippen molar-refractivity contribution >= 4 is 21.9 Å². The van der Waals surface area contributed by atoms with E-state index in [1.165, 1.54) is 0 Å². The van der Waals surface area contributed by atoms with Gasteiger partial charge >= 0.3 is 12.1 Å². The molecule has 1 aliphatic heterocycles. The fourth-order valence-electron chi connectivity index (χ4n) is 3.40. The van der Waals surface area contributed by atoms with Crippen LogP contribution in [-0.2, 0) is 30.5 Å². The van der Waals surface area contributed by atoms with Gasteiger partial charge < -0.3 is 9.64 Å². The molecule has 1 aliphatic rings. The predicted molar refractivity (Wildman–Crippen MR) is 111 cm³/mol. The van der Waals surface area contributed by atoms with E-state index in [4.69, 9.17) is 4.74 Å². The summed E-state index contributed by atoms with van der Waals surface area (Å²) in [6, 6.07) is 1.91. The lowest BCUT2D eigenvalue weighted by Gasteiger charge is -2.22. The number of esters is 1. The summed E-state index contributed by atoms with van der Waals surface area (Å²) >= 11 is 0. The Balaban J connectivity index is 2.10. The normalized spacial score (nSPS) is 16.5. The molecule has 0 aliphatic carbocycles. The van der Waals surface area contributed by atoms with Crippen LogP contribution >= 0.6 is 0 Å². The van der Waals surface area contributed by atoms with Gasteiger partial charge in [0.1, 0.15) is 6.04 Å². The van der Waals surface area contributed by atoms with Crippen LogP contribution in [-0.4, -0.2) is 50.9 Å². The van der Waals surface area contributed by atoms with E-state index in [9.17, 15) is 31.2 Å². The molecule has 2 rings (SSSR count). The Morgan fingerprint density at radius 2 is 1.75 bits per heavy atom. The molecule has 1 aromatic rings. The first-order valence-electron chi connectivity index (χ1n) is 10.5. The van der Waals surface area contributed by atoms with E-state index in [1.807, 2.05) is 0 Å². The zero-order valence-electron chi connectivity index (χ0n) is 18.2. The molecule has 0 spiro atoms. The molecule has 0 radical (unpaired) electrons. The molecule has 0 bridgehead atoms. The fourth-order valence-corrected chi connectivity index (χ4v) is 4.65. The minimum Gasteiger partial charge on any atom is -0.454 e. The Morgan fingerprint density at radius 1 is 1.12 bits per heavy atom. The maximum Gasteiger partial charge on any atom is 0.416 e. The Morgan fingerprint density at radius 3 is 2.31 bits per heavy atom. The van der Waals surface area contributed by atoms with E-state index in [0.29, 0.717) is 19.2 Å². The maximum atomic E-state index is 12.9. The molecule has 1 aromatic carbocycles. The zero-order chi connectivity index (χ0) is 23.9. The number of nitrogens with one attached hydrogen (secondary N) is 1. The molecule has 7 nitrogen and oxygen atoms in total. The number of alkyl halides is 3. The van der Waals surface area contributed by atoms with Crippen LogP contribution in [0.5, 0.6) is 0 Å². The number of benzene rings is 1. The van der Waals surface area contributed by atoms with Crippen LogP contribution < -0.4 is 4.72 Å². The van der Waals surface area contributed by atoms with Gasteiger partial charge in [-0.3, -0.25) is 9.59 Å². The molecule has 0 unspecified atom stereocenters. The van der Waals surface area contributed by atoms with Gasteiger partial charge in [-0.25, -0.2) is 8.42 Å². The minimum atomic E-state index is -4.71. The second kappa shape index (κ2) is 11.1. The average molecular weight is 479 g/mol. The number of hydrogen-bond donors (Lipinski definition) is 1. The number of nitrogens with zero attached hydrogens (tertiary/aromatic N) is 1. The quantitative estimate of drug-likeness (QED) is 0.579. The monoisotopic (exact) mass is 478 g/mol. The molecule has 1 fully saturated rings. The van der Waals surface area contributed by atoms with Gasteiger partial charge in [-0.1, -0.05) is 32.8 Å². The van der Waals surface area contributed by atoms with E-state index in [2.05, 4.69) is 4.72 Å². The van der Waals surface area contributed by atoms with Gasteiger partial charge in [-0.15, -0.1) is 0 Å². The number of amides is 1. The predicted octanol–water partition coefficient (Wildman–Crippen LogP) is 3.34. The first-order chi connectivity index (χ1) is 14.9. The lowest BCUT2D eigenvalue weighted by molar-refractivity contribution is -0.153. The number of likely N-dealkylation sites (tertiary alicyclic amines) is 1. The van der Waals surface area contributed by atoms with Crippen LogP contribution in [0.25, 0.3) is 0 Å². The first kappa shape index (κ1) is 26.1. The standard InChI is InChI=1S/C21H29F3N2O5S/c1-15(2)12-18(20(28)31-14-19(27)26-10-5-3-4-6-11-26)25-32(29,30)17-9-7-8-16(13-17)21(22,23)24/h7-9,13,15,18,25H,3-6,10-12,14H2,1-2H3/t18-/m1/s1.